The molecule has 5 rings (SSSR count). The van der Waals surface area contributed by atoms with Gasteiger partial charge in [-0.15, -0.1) is 9.89 Å². The van der Waals surface area contributed by atoms with Gasteiger partial charge in [-0.05, 0) is 43.1 Å². The third-order valence-electron chi connectivity index (χ3n) is 6.66. The van der Waals surface area contributed by atoms with Crippen LogP contribution >= 0.6 is 0 Å². The molecule has 148 valence electrons. The highest BCUT2D eigenvalue weighted by Gasteiger charge is 2.40. The molecular weight excluding hydrogens is 356 g/mol. The molecule has 3 fully saturated rings. The molecule has 3 aliphatic rings. The van der Waals surface area contributed by atoms with Crippen LogP contribution < -0.4 is 15.9 Å². The first-order valence-electron chi connectivity index (χ1n) is 10.3. The number of hydrogen-bond donors (Lipinski definition) is 1. The minimum Gasteiger partial charge on any atom is -0.378 e. The third-order valence-corrected chi connectivity index (χ3v) is 6.66. The summed E-state index contributed by atoms with van der Waals surface area (Å²) in [7, 11) is 0. The first kappa shape index (κ1) is 17.7. The molecule has 1 aromatic carbocycles. The normalized spacial score (nSPS) is 26.7. The van der Waals surface area contributed by atoms with E-state index in [-0.39, 0.29) is 11.5 Å². The summed E-state index contributed by atoms with van der Waals surface area (Å²) in [6, 6.07) is 7.46. The summed E-state index contributed by atoms with van der Waals surface area (Å²) >= 11 is 0. The standard InChI is InChI=1S/C21H26N4O3/c26-19(13-16-12-14-5-6-15(16)11-14)22-25-21(27)18-4-2-1-3-17(18)20(23-25)24-7-9-28-10-8-24/h1-4,14-16H,5-13H2,(H,22,26). The lowest BCUT2D eigenvalue weighted by Gasteiger charge is -2.29. The molecule has 3 unspecified atom stereocenters. The smallest absolute Gasteiger partial charge is 0.294 e. The highest BCUT2D eigenvalue weighted by molar-refractivity contribution is 5.92. The second kappa shape index (κ2) is 7.20. The van der Waals surface area contributed by atoms with Crippen LogP contribution in [0.1, 0.15) is 32.1 Å². The van der Waals surface area contributed by atoms with Crippen LogP contribution in [0.5, 0.6) is 0 Å². The zero-order valence-electron chi connectivity index (χ0n) is 16.0. The van der Waals surface area contributed by atoms with Crippen molar-refractivity contribution in [3.8, 4) is 0 Å². The second-order valence-corrected chi connectivity index (χ2v) is 8.36. The molecule has 3 atom stereocenters. The number of ether oxygens (including phenoxy) is 1. The molecule has 2 aliphatic carbocycles. The molecule has 0 spiro atoms. The Kier molecular flexibility index (Phi) is 4.55. The molecule has 1 amide bonds. The second-order valence-electron chi connectivity index (χ2n) is 8.36. The number of nitrogens with zero attached hydrogens (tertiary/aromatic N) is 3. The fraction of sp³-hybridized carbons (Fsp3) is 0.571. The van der Waals surface area contributed by atoms with Crippen molar-refractivity contribution in [3.05, 3.63) is 34.6 Å². The van der Waals surface area contributed by atoms with Gasteiger partial charge in [-0.25, -0.2) is 5.43 Å². The fourth-order valence-corrected chi connectivity index (χ4v) is 5.29. The molecule has 1 aliphatic heterocycles. The van der Waals surface area contributed by atoms with Crippen LogP contribution in [0.4, 0.5) is 5.82 Å². The molecule has 28 heavy (non-hydrogen) atoms. The highest BCUT2D eigenvalue weighted by atomic mass is 16.5. The van der Waals surface area contributed by atoms with Crippen molar-refractivity contribution in [3.63, 3.8) is 0 Å². The van der Waals surface area contributed by atoms with Crippen LogP contribution in [0.2, 0.25) is 0 Å². The van der Waals surface area contributed by atoms with E-state index in [9.17, 15) is 9.59 Å². The monoisotopic (exact) mass is 382 g/mol. The van der Waals surface area contributed by atoms with Gasteiger partial charge in [0, 0.05) is 24.9 Å². The summed E-state index contributed by atoms with van der Waals surface area (Å²) in [4.78, 5) is 28.8. The van der Waals surface area contributed by atoms with Gasteiger partial charge in [0.25, 0.3) is 5.56 Å². The van der Waals surface area contributed by atoms with E-state index in [2.05, 4.69) is 15.4 Å². The fourth-order valence-electron chi connectivity index (χ4n) is 5.29. The lowest BCUT2D eigenvalue weighted by atomic mass is 9.86. The molecule has 2 bridgehead atoms. The number of benzene rings is 1. The van der Waals surface area contributed by atoms with Crippen LogP contribution in [0.15, 0.2) is 29.1 Å². The summed E-state index contributed by atoms with van der Waals surface area (Å²) in [6.45, 7) is 2.69. The zero-order chi connectivity index (χ0) is 19.1. The van der Waals surface area contributed by atoms with Gasteiger partial charge in [-0.3, -0.25) is 9.59 Å². The van der Waals surface area contributed by atoms with Crippen LogP contribution in [0.3, 0.4) is 0 Å². The molecule has 2 saturated carbocycles. The molecule has 7 heteroatoms. The number of aromatic nitrogens is 2. The van der Waals surface area contributed by atoms with E-state index in [0.717, 1.165) is 28.3 Å². The Bertz CT molecular complexity index is 950. The first-order chi connectivity index (χ1) is 13.7. The Morgan fingerprint density at radius 1 is 1.14 bits per heavy atom. The van der Waals surface area contributed by atoms with Crippen LogP contribution in [-0.2, 0) is 9.53 Å². The van der Waals surface area contributed by atoms with Gasteiger partial charge >= 0.3 is 0 Å². The molecule has 1 N–H and O–H groups in total. The topological polar surface area (TPSA) is 76.5 Å². The van der Waals surface area contributed by atoms with Crippen LogP contribution in [0.25, 0.3) is 10.8 Å². The number of morpholine rings is 1. The Morgan fingerprint density at radius 3 is 2.64 bits per heavy atom. The predicted molar refractivity (Wildman–Crippen MR) is 107 cm³/mol. The van der Waals surface area contributed by atoms with Gasteiger partial charge in [-0.1, -0.05) is 24.6 Å². The average Bonchev–Trinajstić information content (AvgIpc) is 3.34. The molecule has 2 aromatic rings. The van der Waals surface area contributed by atoms with Gasteiger partial charge in [-0.2, -0.15) is 0 Å². The third kappa shape index (κ3) is 3.17. The minimum atomic E-state index is -0.283. The average molecular weight is 382 g/mol. The van der Waals surface area contributed by atoms with Gasteiger partial charge < -0.3 is 9.64 Å². The summed E-state index contributed by atoms with van der Waals surface area (Å²) in [5, 5.41) is 5.91. The molecule has 1 saturated heterocycles. The SMILES string of the molecule is O=C(CC1CC2CCC1C2)Nn1nc(N2CCOCC2)c2ccccc2c1=O. The van der Waals surface area contributed by atoms with E-state index in [1.54, 1.807) is 6.07 Å². The minimum absolute atomic E-state index is 0.115. The zero-order valence-corrected chi connectivity index (χ0v) is 16.0. The van der Waals surface area contributed by atoms with Crippen LogP contribution in [0, 0.1) is 17.8 Å². The molecular formula is C21H26N4O3. The van der Waals surface area contributed by atoms with E-state index in [1.807, 2.05) is 18.2 Å². The van der Waals surface area contributed by atoms with E-state index in [0.29, 0.717) is 49.9 Å². The quantitative estimate of drug-likeness (QED) is 0.877. The predicted octanol–water partition coefficient (Wildman–Crippen LogP) is 2.13. The van der Waals surface area contributed by atoms with Crippen molar-refractivity contribution in [1.82, 2.24) is 9.89 Å². The number of carbonyl (C=O) groups excluding carboxylic acids is 1. The first-order valence-corrected chi connectivity index (χ1v) is 10.3. The van der Waals surface area contributed by atoms with E-state index < -0.39 is 0 Å². The van der Waals surface area contributed by atoms with E-state index in [4.69, 9.17) is 4.74 Å². The van der Waals surface area contributed by atoms with E-state index in [1.165, 1.54) is 19.3 Å². The van der Waals surface area contributed by atoms with Crippen molar-refractivity contribution < 1.29 is 9.53 Å². The van der Waals surface area contributed by atoms with Crippen molar-refractivity contribution in [1.29, 1.82) is 0 Å². The Morgan fingerprint density at radius 2 is 1.93 bits per heavy atom. The van der Waals surface area contributed by atoms with Gasteiger partial charge in [0.2, 0.25) is 5.91 Å². The summed E-state index contributed by atoms with van der Waals surface area (Å²) in [5.41, 5.74) is 2.48. The number of rotatable bonds is 4. The Hall–Kier alpha value is -2.41. The molecule has 0 radical (unpaired) electrons. The maximum absolute atomic E-state index is 12.9. The van der Waals surface area contributed by atoms with Gasteiger partial charge in [0.1, 0.15) is 0 Å². The number of carbonyl (C=O) groups is 1. The van der Waals surface area contributed by atoms with Gasteiger partial charge in [0.05, 0.1) is 18.6 Å². The highest BCUT2D eigenvalue weighted by Crippen LogP contribution is 2.49. The number of amides is 1. The summed E-state index contributed by atoms with van der Waals surface area (Å²) < 4.78 is 5.44. The number of anilines is 1. The maximum atomic E-state index is 12.9. The number of nitrogens with one attached hydrogen (secondary N) is 1. The van der Waals surface area contributed by atoms with Crippen molar-refractivity contribution >= 4 is 22.5 Å². The number of fused-ring (bicyclic) bond motifs is 3. The Labute approximate surface area is 163 Å². The Balaban J connectivity index is 1.42. The molecule has 2 heterocycles. The van der Waals surface area contributed by atoms with Crippen molar-refractivity contribution in [2.24, 2.45) is 17.8 Å². The molecule has 1 aromatic heterocycles. The van der Waals surface area contributed by atoms with Crippen LogP contribution in [-0.4, -0.2) is 42.1 Å². The molecule has 7 nitrogen and oxygen atoms in total. The maximum Gasteiger partial charge on any atom is 0.294 e. The summed E-state index contributed by atoms with van der Waals surface area (Å²) in [5.74, 6) is 2.54. The van der Waals surface area contributed by atoms with Gasteiger partial charge in [0.15, 0.2) is 5.82 Å². The lowest BCUT2D eigenvalue weighted by Crippen LogP contribution is -2.41. The van der Waals surface area contributed by atoms with E-state index >= 15 is 0 Å². The lowest BCUT2D eigenvalue weighted by molar-refractivity contribution is -0.118. The summed E-state index contributed by atoms with van der Waals surface area (Å²) in [6.07, 6.45) is 5.47. The number of hydrogen-bond acceptors (Lipinski definition) is 5. The van der Waals surface area contributed by atoms with Crippen molar-refractivity contribution in [2.75, 3.05) is 36.6 Å². The largest absolute Gasteiger partial charge is 0.378 e. The van der Waals surface area contributed by atoms with Crippen molar-refractivity contribution in [2.45, 2.75) is 32.1 Å².